The molecule has 7 nitrogen and oxygen atoms in total. The summed E-state index contributed by atoms with van der Waals surface area (Å²) in [6, 6.07) is 7.57. The van der Waals surface area contributed by atoms with E-state index in [-0.39, 0.29) is 24.6 Å². The molecule has 2 N–H and O–H groups in total. The molecule has 1 aromatic carbocycles. The van der Waals surface area contributed by atoms with E-state index in [1.807, 2.05) is 31.2 Å². The third-order valence-corrected chi connectivity index (χ3v) is 6.82. The van der Waals surface area contributed by atoms with Gasteiger partial charge in [-0.1, -0.05) is 31.5 Å². The molecule has 0 saturated heterocycles. The number of nitrogens with zero attached hydrogens (tertiary/aromatic N) is 2. The number of hydrogen-bond acceptors (Lipinski definition) is 5. The third kappa shape index (κ3) is 4.69. The molecule has 1 aliphatic carbocycles. The maximum atomic E-state index is 13.0. The Bertz CT molecular complexity index is 1180. The van der Waals surface area contributed by atoms with Crippen molar-refractivity contribution in [1.29, 1.82) is 0 Å². The van der Waals surface area contributed by atoms with Gasteiger partial charge in [-0.05, 0) is 49.3 Å². The highest BCUT2D eigenvalue weighted by molar-refractivity contribution is 7.18. The van der Waals surface area contributed by atoms with E-state index in [9.17, 15) is 14.4 Å². The Balaban J connectivity index is 1.41. The molecule has 0 radical (unpaired) electrons. The first-order chi connectivity index (χ1) is 15.1. The number of fused-ring (bicyclic) bond motifs is 3. The minimum atomic E-state index is -0.400. The second kappa shape index (κ2) is 9.43. The third-order valence-electron chi connectivity index (χ3n) is 5.62. The molecule has 0 saturated carbocycles. The normalized spacial score (nSPS) is 13.5. The lowest BCUT2D eigenvalue weighted by atomic mass is 10.1. The van der Waals surface area contributed by atoms with Gasteiger partial charge in [0.05, 0.1) is 18.3 Å². The highest BCUT2D eigenvalue weighted by atomic mass is 32.1. The van der Waals surface area contributed by atoms with Crippen molar-refractivity contribution < 1.29 is 9.59 Å². The van der Waals surface area contributed by atoms with E-state index in [2.05, 4.69) is 15.6 Å². The van der Waals surface area contributed by atoms with Crippen molar-refractivity contribution in [3.05, 3.63) is 57.0 Å². The van der Waals surface area contributed by atoms with Crippen LogP contribution in [0, 0.1) is 0 Å². The summed E-state index contributed by atoms with van der Waals surface area (Å²) in [4.78, 5) is 44.1. The van der Waals surface area contributed by atoms with Crippen molar-refractivity contribution >= 4 is 39.1 Å². The summed E-state index contributed by atoms with van der Waals surface area (Å²) in [5.41, 5.74) is 2.70. The summed E-state index contributed by atoms with van der Waals surface area (Å²) < 4.78 is 1.33. The number of rotatable bonds is 6. The van der Waals surface area contributed by atoms with E-state index >= 15 is 0 Å². The van der Waals surface area contributed by atoms with E-state index < -0.39 is 5.91 Å². The topological polar surface area (TPSA) is 93.1 Å². The first-order valence-electron chi connectivity index (χ1n) is 10.7. The predicted octanol–water partition coefficient (Wildman–Crippen LogP) is 3.04. The molecule has 0 aliphatic heterocycles. The van der Waals surface area contributed by atoms with Crippen LogP contribution in [0.15, 0.2) is 35.4 Å². The molecule has 8 heteroatoms. The Kier molecular flexibility index (Phi) is 6.46. The average Bonchev–Trinajstić information content (AvgIpc) is 2.97. The molecule has 1 aliphatic rings. The van der Waals surface area contributed by atoms with Crippen molar-refractivity contribution in [2.75, 3.05) is 11.9 Å². The molecule has 0 bridgehead atoms. The number of anilines is 1. The molecule has 0 atom stereocenters. The standard InChI is InChI=1S/C23H26N4O3S/c1-2-15-8-6-7-10-17(15)26-19(28)12-24-20(29)13-27-14-25-22-21(23(27)30)16-9-4-3-5-11-18(16)31-22/h6-8,10,14H,2-5,9,11-13H2,1H3,(H,24,29)(H,26,28). The zero-order chi connectivity index (χ0) is 21.8. The minimum absolute atomic E-state index is 0.158. The number of hydrogen-bond donors (Lipinski definition) is 2. The van der Waals surface area contributed by atoms with Crippen LogP contribution in [0.2, 0.25) is 0 Å². The quantitative estimate of drug-likeness (QED) is 0.579. The van der Waals surface area contributed by atoms with Crippen LogP contribution in [0.1, 0.15) is 42.2 Å². The number of aryl methyl sites for hydroxylation is 3. The molecule has 2 aromatic heterocycles. The highest BCUT2D eigenvalue weighted by Crippen LogP contribution is 2.32. The fourth-order valence-electron chi connectivity index (χ4n) is 4.00. The fourth-order valence-corrected chi connectivity index (χ4v) is 5.22. The van der Waals surface area contributed by atoms with Gasteiger partial charge in [-0.15, -0.1) is 11.3 Å². The summed E-state index contributed by atoms with van der Waals surface area (Å²) in [6.45, 7) is 1.70. The molecule has 2 amide bonds. The Labute approximate surface area is 184 Å². The van der Waals surface area contributed by atoms with Crippen molar-refractivity contribution in [3.8, 4) is 0 Å². The van der Waals surface area contributed by atoms with Crippen LogP contribution >= 0.6 is 11.3 Å². The molecular weight excluding hydrogens is 412 g/mol. The lowest BCUT2D eigenvalue weighted by Gasteiger charge is -2.11. The number of nitrogens with one attached hydrogen (secondary N) is 2. The van der Waals surface area contributed by atoms with Gasteiger partial charge in [0.15, 0.2) is 0 Å². The summed E-state index contributed by atoms with van der Waals surface area (Å²) in [6.07, 6.45) is 7.50. The van der Waals surface area contributed by atoms with E-state index in [1.165, 1.54) is 22.2 Å². The average molecular weight is 439 g/mol. The lowest BCUT2D eigenvalue weighted by molar-refractivity contribution is -0.124. The Morgan fingerprint density at radius 1 is 1.13 bits per heavy atom. The Hall–Kier alpha value is -3.00. The van der Waals surface area contributed by atoms with Gasteiger partial charge in [-0.25, -0.2) is 4.98 Å². The molecule has 4 rings (SSSR count). The first kappa shape index (κ1) is 21.2. The van der Waals surface area contributed by atoms with Gasteiger partial charge in [0, 0.05) is 10.6 Å². The number of para-hydroxylation sites is 1. The van der Waals surface area contributed by atoms with Gasteiger partial charge in [0.2, 0.25) is 11.8 Å². The number of carbonyl (C=O) groups excluding carboxylic acids is 2. The second-order valence-corrected chi connectivity index (χ2v) is 8.84. The SMILES string of the molecule is CCc1ccccc1NC(=O)CNC(=O)Cn1cnc2sc3c(c2c1=O)CCCCC3. The van der Waals surface area contributed by atoms with E-state index in [0.717, 1.165) is 53.7 Å². The van der Waals surface area contributed by atoms with Crippen LogP contribution in [-0.2, 0) is 35.4 Å². The van der Waals surface area contributed by atoms with Crippen LogP contribution in [0.4, 0.5) is 5.69 Å². The van der Waals surface area contributed by atoms with Crippen molar-refractivity contribution in [1.82, 2.24) is 14.9 Å². The molecule has 0 spiro atoms. The molecule has 162 valence electrons. The Morgan fingerprint density at radius 2 is 1.94 bits per heavy atom. The lowest BCUT2D eigenvalue weighted by Crippen LogP contribution is -2.37. The number of amides is 2. The highest BCUT2D eigenvalue weighted by Gasteiger charge is 2.19. The number of carbonyl (C=O) groups is 2. The largest absolute Gasteiger partial charge is 0.345 e. The molecule has 3 aromatic rings. The van der Waals surface area contributed by atoms with E-state index in [1.54, 1.807) is 11.3 Å². The Morgan fingerprint density at radius 3 is 2.77 bits per heavy atom. The zero-order valence-electron chi connectivity index (χ0n) is 17.6. The zero-order valence-corrected chi connectivity index (χ0v) is 18.4. The van der Waals surface area contributed by atoms with Crippen LogP contribution in [0.3, 0.4) is 0 Å². The maximum Gasteiger partial charge on any atom is 0.262 e. The monoisotopic (exact) mass is 438 g/mol. The number of benzene rings is 1. The number of aromatic nitrogens is 2. The fraction of sp³-hybridized carbons (Fsp3) is 0.391. The molecule has 31 heavy (non-hydrogen) atoms. The smallest absolute Gasteiger partial charge is 0.262 e. The summed E-state index contributed by atoms with van der Waals surface area (Å²) >= 11 is 1.59. The summed E-state index contributed by atoms with van der Waals surface area (Å²) in [7, 11) is 0. The minimum Gasteiger partial charge on any atom is -0.345 e. The van der Waals surface area contributed by atoms with Gasteiger partial charge < -0.3 is 10.6 Å². The van der Waals surface area contributed by atoms with Crippen LogP contribution in [0.25, 0.3) is 10.2 Å². The van der Waals surface area contributed by atoms with Crippen molar-refractivity contribution in [2.24, 2.45) is 0 Å². The maximum absolute atomic E-state index is 13.0. The van der Waals surface area contributed by atoms with E-state index in [0.29, 0.717) is 5.39 Å². The number of thiophene rings is 1. The van der Waals surface area contributed by atoms with E-state index in [4.69, 9.17) is 0 Å². The van der Waals surface area contributed by atoms with Gasteiger partial charge in [0.1, 0.15) is 11.4 Å². The molecule has 2 heterocycles. The van der Waals surface area contributed by atoms with Gasteiger partial charge in [-0.2, -0.15) is 0 Å². The van der Waals surface area contributed by atoms with Crippen molar-refractivity contribution in [3.63, 3.8) is 0 Å². The van der Waals surface area contributed by atoms with Gasteiger partial charge >= 0.3 is 0 Å². The molecule has 0 fully saturated rings. The van der Waals surface area contributed by atoms with Crippen LogP contribution < -0.4 is 16.2 Å². The van der Waals surface area contributed by atoms with Gasteiger partial charge in [0.25, 0.3) is 5.56 Å². The van der Waals surface area contributed by atoms with Crippen LogP contribution in [-0.4, -0.2) is 27.9 Å². The van der Waals surface area contributed by atoms with Crippen LogP contribution in [0.5, 0.6) is 0 Å². The summed E-state index contributed by atoms with van der Waals surface area (Å²) in [5, 5.41) is 6.07. The second-order valence-electron chi connectivity index (χ2n) is 7.76. The first-order valence-corrected chi connectivity index (χ1v) is 11.5. The van der Waals surface area contributed by atoms with Gasteiger partial charge in [-0.3, -0.25) is 19.0 Å². The predicted molar refractivity (Wildman–Crippen MR) is 123 cm³/mol. The molecule has 0 unspecified atom stereocenters. The van der Waals surface area contributed by atoms with Crippen molar-refractivity contribution in [2.45, 2.75) is 52.0 Å². The summed E-state index contributed by atoms with van der Waals surface area (Å²) in [5.74, 6) is -0.707. The molecular formula is C23H26N4O3S.